The standard InChI is InChI=1S/C18H12BrClN6O2.C9H10ClN5O2/c1-9-5-10(8-21)6-11(16(22)27)15(9)24-18(28)13-7-14(19)25-26(13)17-12(20)3-2-4-23-17;10-8-2-1-7(5-12-8)6-14-4-3-11-9(14)13-15(16)17/h2-7H,1H3,(H2,22,27)(H,24,28);1-2,5H,3-4,6H2,(H,11,13). The molecular weight excluding hydrogens is 693 g/mol. The van der Waals surface area contributed by atoms with Gasteiger partial charge in [-0.25, -0.2) is 29.8 Å². The summed E-state index contributed by atoms with van der Waals surface area (Å²) in [6, 6.07) is 13.1. The zero-order valence-corrected chi connectivity index (χ0v) is 26.3. The van der Waals surface area contributed by atoms with E-state index >= 15 is 0 Å². The Morgan fingerprint density at radius 2 is 2.00 bits per heavy atom. The fourth-order valence-corrected chi connectivity index (χ4v) is 4.83. The van der Waals surface area contributed by atoms with E-state index in [0.717, 1.165) is 5.56 Å². The van der Waals surface area contributed by atoms with Crippen molar-refractivity contribution in [3.8, 4) is 11.9 Å². The van der Waals surface area contributed by atoms with Gasteiger partial charge in [0.1, 0.15) is 15.5 Å². The number of nitrogens with zero attached hydrogens (tertiary/aromatic N) is 8. The zero-order valence-electron chi connectivity index (χ0n) is 23.2. The van der Waals surface area contributed by atoms with Gasteiger partial charge in [-0.05, 0) is 64.3 Å². The molecule has 0 radical (unpaired) electrons. The second-order valence-electron chi connectivity index (χ2n) is 9.20. The van der Waals surface area contributed by atoms with Crippen molar-refractivity contribution >= 4 is 62.6 Å². The van der Waals surface area contributed by atoms with Crippen molar-refractivity contribution in [3.05, 3.63) is 108 Å². The minimum absolute atomic E-state index is 0.0332. The minimum atomic E-state index is -0.766. The Balaban J connectivity index is 0.000000231. The van der Waals surface area contributed by atoms with E-state index in [4.69, 9.17) is 34.2 Å². The molecule has 1 aromatic carbocycles. The van der Waals surface area contributed by atoms with E-state index in [1.165, 1.54) is 23.0 Å². The molecule has 4 aromatic rings. The first-order chi connectivity index (χ1) is 21.5. The van der Waals surface area contributed by atoms with Crippen LogP contribution in [0.3, 0.4) is 0 Å². The van der Waals surface area contributed by atoms with Crippen molar-refractivity contribution in [1.82, 2.24) is 30.1 Å². The molecule has 15 nitrogen and oxygen atoms in total. The quantitative estimate of drug-likeness (QED) is 0.143. The first kappa shape index (κ1) is 32.8. The number of pyridine rings is 2. The van der Waals surface area contributed by atoms with E-state index in [9.17, 15) is 19.7 Å². The van der Waals surface area contributed by atoms with Crippen LogP contribution in [0.1, 0.15) is 37.5 Å². The molecule has 45 heavy (non-hydrogen) atoms. The number of rotatable bonds is 7. The van der Waals surface area contributed by atoms with Gasteiger partial charge < -0.3 is 16.0 Å². The summed E-state index contributed by atoms with van der Waals surface area (Å²) in [5.41, 5.74) is 9.57. The Hall–Kier alpha value is -5.11. The molecule has 0 fully saturated rings. The molecule has 5 rings (SSSR count). The van der Waals surface area contributed by atoms with E-state index in [1.807, 2.05) is 12.1 Å². The highest BCUT2D eigenvalue weighted by atomic mass is 79.9. The van der Waals surface area contributed by atoms with Crippen LogP contribution < -0.4 is 16.5 Å². The van der Waals surface area contributed by atoms with E-state index in [1.54, 1.807) is 42.3 Å². The third kappa shape index (κ3) is 8.29. The number of halogens is 3. The number of aromatic nitrogens is 4. The molecule has 0 saturated heterocycles. The Morgan fingerprint density at radius 1 is 1.22 bits per heavy atom. The van der Waals surface area contributed by atoms with Crippen molar-refractivity contribution in [3.63, 3.8) is 0 Å². The van der Waals surface area contributed by atoms with Crippen LogP contribution in [0.4, 0.5) is 5.69 Å². The van der Waals surface area contributed by atoms with Crippen molar-refractivity contribution < 1.29 is 14.6 Å². The number of nitrogens with one attached hydrogen (secondary N) is 2. The molecule has 4 N–H and O–H groups in total. The van der Waals surface area contributed by atoms with Gasteiger partial charge in [0.25, 0.3) is 17.8 Å². The van der Waals surface area contributed by atoms with Gasteiger partial charge in [0.2, 0.25) is 0 Å². The van der Waals surface area contributed by atoms with Crippen LogP contribution in [-0.4, -0.2) is 60.5 Å². The number of nitrogens with two attached hydrogens (primary N) is 1. The number of nitriles is 1. The highest BCUT2D eigenvalue weighted by molar-refractivity contribution is 9.10. The lowest BCUT2D eigenvalue weighted by Crippen LogP contribution is -2.40. The molecule has 2 amide bonds. The van der Waals surface area contributed by atoms with E-state index in [-0.39, 0.29) is 34.3 Å². The third-order valence-electron chi connectivity index (χ3n) is 6.10. The van der Waals surface area contributed by atoms with Crippen molar-refractivity contribution in [2.24, 2.45) is 10.7 Å². The minimum Gasteiger partial charge on any atom is -0.366 e. The summed E-state index contributed by atoms with van der Waals surface area (Å²) in [6.45, 7) is 3.38. The van der Waals surface area contributed by atoms with E-state index in [2.05, 4.69) is 46.7 Å². The molecule has 3 aromatic heterocycles. The van der Waals surface area contributed by atoms with Crippen LogP contribution in [0.25, 0.3) is 5.82 Å². The molecule has 18 heteroatoms. The Labute approximate surface area is 273 Å². The molecule has 1 aliphatic rings. The largest absolute Gasteiger partial charge is 0.366 e. The second kappa shape index (κ2) is 14.6. The van der Waals surface area contributed by atoms with Gasteiger partial charge in [-0.3, -0.25) is 9.59 Å². The predicted octanol–water partition coefficient (Wildman–Crippen LogP) is 3.90. The molecule has 230 valence electrons. The SMILES string of the molecule is Cc1cc(C#N)cc(C(N)=O)c1NC(=O)c1cc(Br)nn1-c1ncccc1Cl.O=[N+]([O-])NC1=NCCN1Cc1ccc(Cl)nc1. The smallest absolute Gasteiger partial charge is 0.274 e. The average molecular weight is 715 g/mol. The molecule has 0 bridgehead atoms. The summed E-state index contributed by atoms with van der Waals surface area (Å²) < 4.78 is 1.68. The topological polar surface area (TPSA) is 210 Å². The number of carbonyl (C=O) groups is 2. The van der Waals surface area contributed by atoms with Gasteiger partial charge in [-0.1, -0.05) is 34.7 Å². The first-order valence-corrected chi connectivity index (χ1v) is 14.3. The molecule has 0 unspecified atom stereocenters. The van der Waals surface area contributed by atoms with Gasteiger partial charge >= 0.3 is 0 Å². The molecule has 1 aliphatic heterocycles. The van der Waals surface area contributed by atoms with Gasteiger partial charge in [-0.15, -0.1) is 0 Å². The Bertz CT molecular complexity index is 1840. The summed E-state index contributed by atoms with van der Waals surface area (Å²) in [5, 5.41) is 26.4. The van der Waals surface area contributed by atoms with Crippen LogP contribution in [-0.2, 0) is 6.54 Å². The normalized spacial score (nSPS) is 12.0. The number of amides is 2. The van der Waals surface area contributed by atoms with Crippen LogP contribution in [0.5, 0.6) is 0 Å². The monoisotopic (exact) mass is 713 g/mol. The number of anilines is 1. The molecular formula is C27H22BrCl2N11O4. The second-order valence-corrected chi connectivity index (χ2v) is 10.8. The zero-order chi connectivity index (χ0) is 32.7. The van der Waals surface area contributed by atoms with Gasteiger partial charge in [0.05, 0.1) is 34.5 Å². The van der Waals surface area contributed by atoms with Crippen LogP contribution in [0, 0.1) is 28.4 Å². The van der Waals surface area contributed by atoms with Gasteiger partial charge in [-0.2, -0.15) is 10.4 Å². The van der Waals surface area contributed by atoms with Crippen LogP contribution in [0.15, 0.2) is 64.5 Å². The third-order valence-corrected chi connectivity index (χ3v) is 7.01. The van der Waals surface area contributed by atoms with Crippen molar-refractivity contribution in [2.75, 3.05) is 18.4 Å². The molecule has 4 heterocycles. The number of hydrogen-bond donors (Lipinski definition) is 3. The number of hydrogen-bond acceptors (Lipinski definition) is 10. The lowest BCUT2D eigenvalue weighted by molar-refractivity contribution is -0.526. The van der Waals surface area contributed by atoms with Gasteiger partial charge in [0, 0.05) is 31.5 Å². The number of benzene rings is 1. The van der Waals surface area contributed by atoms with Crippen LogP contribution in [0.2, 0.25) is 10.2 Å². The number of aryl methyl sites for hydroxylation is 1. The molecule has 0 aliphatic carbocycles. The summed E-state index contributed by atoms with van der Waals surface area (Å²) in [5.74, 6) is -0.773. The summed E-state index contributed by atoms with van der Waals surface area (Å²) in [4.78, 5) is 49.0. The Morgan fingerprint density at radius 3 is 2.64 bits per heavy atom. The number of primary amides is 1. The number of hydrazine groups is 1. The maximum absolute atomic E-state index is 12.9. The maximum atomic E-state index is 12.9. The van der Waals surface area contributed by atoms with E-state index in [0.29, 0.717) is 40.0 Å². The van der Waals surface area contributed by atoms with Gasteiger partial charge in [0.15, 0.2) is 10.9 Å². The maximum Gasteiger partial charge on any atom is 0.274 e. The molecule has 0 atom stereocenters. The Kier molecular flexibility index (Phi) is 10.6. The summed E-state index contributed by atoms with van der Waals surface area (Å²) in [7, 11) is 0. The number of nitro groups is 1. The fraction of sp³-hybridized carbons (Fsp3) is 0.148. The number of carbonyl (C=O) groups excluding carboxylic acids is 2. The molecule has 0 spiro atoms. The lowest BCUT2D eigenvalue weighted by atomic mass is 10.0. The summed E-state index contributed by atoms with van der Waals surface area (Å²) in [6.07, 6.45) is 3.17. The van der Waals surface area contributed by atoms with Crippen LogP contribution >= 0.6 is 39.1 Å². The average Bonchev–Trinajstić information content (AvgIpc) is 3.60. The number of aliphatic imine (C=N–C) groups is 1. The van der Waals surface area contributed by atoms with Crippen molar-refractivity contribution in [2.45, 2.75) is 13.5 Å². The fourth-order valence-electron chi connectivity index (χ4n) is 4.14. The lowest BCUT2D eigenvalue weighted by Gasteiger charge is -2.17. The first-order valence-electron chi connectivity index (χ1n) is 12.8. The highest BCUT2D eigenvalue weighted by Crippen LogP contribution is 2.26. The molecule has 0 saturated carbocycles. The van der Waals surface area contributed by atoms with Crippen molar-refractivity contribution in [1.29, 1.82) is 5.26 Å². The van der Waals surface area contributed by atoms with E-state index < -0.39 is 16.8 Å². The highest BCUT2D eigenvalue weighted by Gasteiger charge is 2.22. The predicted molar refractivity (Wildman–Crippen MR) is 169 cm³/mol. The summed E-state index contributed by atoms with van der Waals surface area (Å²) >= 11 is 15.1. The number of guanidine groups is 1.